The van der Waals surface area contributed by atoms with Gasteiger partial charge in [-0.05, 0) is 31.9 Å². The van der Waals surface area contributed by atoms with Crippen LogP contribution in [0.2, 0.25) is 0 Å². The van der Waals surface area contributed by atoms with Crippen LogP contribution in [0.1, 0.15) is 33.7 Å². The van der Waals surface area contributed by atoms with E-state index in [0.717, 1.165) is 27.7 Å². The number of carbonyl (C=O) groups is 2. The summed E-state index contributed by atoms with van der Waals surface area (Å²) in [5.74, 6) is -0.806. The molecular weight excluding hydrogens is 310 g/mol. The number of morpholine rings is 1. The summed E-state index contributed by atoms with van der Waals surface area (Å²) < 4.78 is 11.3. The molecule has 0 saturated carbocycles. The molecule has 6 heteroatoms. The molecule has 2 heterocycles. The molecule has 0 unspecified atom stereocenters. The lowest BCUT2D eigenvalue weighted by Crippen LogP contribution is -2.46. The van der Waals surface area contributed by atoms with Crippen LogP contribution in [0, 0.1) is 20.8 Å². The molecule has 1 saturated heterocycles. The lowest BCUT2D eigenvalue weighted by atomic mass is 10.0. The van der Waals surface area contributed by atoms with Crippen LogP contribution in [0.25, 0.3) is 11.0 Å². The van der Waals surface area contributed by atoms with E-state index in [2.05, 4.69) is 0 Å². The topological polar surface area (TPSA) is 80.0 Å². The van der Waals surface area contributed by atoms with Crippen molar-refractivity contribution in [2.45, 2.75) is 33.3 Å². The zero-order valence-corrected chi connectivity index (χ0v) is 14.1. The number of fused-ring (bicyclic) bond motifs is 1. The van der Waals surface area contributed by atoms with Crippen LogP contribution in [0.3, 0.4) is 0 Å². The molecule has 1 amide bonds. The second kappa shape index (κ2) is 6.28. The molecule has 128 valence electrons. The maximum absolute atomic E-state index is 12.9. The van der Waals surface area contributed by atoms with E-state index in [1.165, 1.54) is 0 Å². The molecule has 0 spiro atoms. The normalized spacial score (nSPS) is 18.1. The Morgan fingerprint density at radius 3 is 2.62 bits per heavy atom. The summed E-state index contributed by atoms with van der Waals surface area (Å²) in [6, 6.07) is 4.00. The number of carboxylic acids is 1. The number of amides is 1. The standard InChI is InChI=1S/C18H21NO5/c1-10-4-5-11(2)16-15(10)12(3)17(24-16)18(22)19-6-7-23-13(9-19)8-14(20)21/h4-5,13H,6-9H2,1-3H3,(H,20,21)/t13-/m1/s1. The van der Waals surface area contributed by atoms with Crippen molar-refractivity contribution in [3.63, 3.8) is 0 Å². The van der Waals surface area contributed by atoms with E-state index in [1.807, 2.05) is 32.9 Å². The number of aryl methyl sites for hydroxylation is 3. The van der Waals surface area contributed by atoms with Gasteiger partial charge in [-0.15, -0.1) is 0 Å². The van der Waals surface area contributed by atoms with Crippen LogP contribution in [0.5, 0.6) is 0 Å². The Bertz CT molecular complexity index is 807. The smallest absolute Gasteiger partial charge is 0.306 e. The van der Waals surface area contributed by atoms with E-state index in [1.54, 1.807) is 4.90 Å². The molecule has 6 nitrogen and oxygen atoms in total. The number of nitrogens with zero attached hydrogens (tertiary/aromatic N) is 1. The van der Waals surface area contributed by atoms with Gasteiger partial charge >= 0.3 is 5.97 Å². The fraction of sp³-hybridized carbons (Fsp3) is 0.444. The lowest BCUT2D eigenvalue weighted by molar-refractivity contribution is -0.141. The van der Waals surface area contributed by atoms with Gasteiger partial charge in [-0.3, -0.25) is 9.59 Å². The Balaban J connectivity index is 1.91. The van der Waals surface area contributed by atoms with E-state index >= 15 is 0 Å². The SMILES string of the molecule is Cc1ccc(C)c2c(C)c(C(=O)N3CCO[C@H](CC(=O)O)C3)oc12. The number of aliphatic carboxylic acids is 1. The summed E-state index contributed by atoms with van der Waals surface area (Å²) >= 11 is 0. The highest BCUT2D eigenvalue weighted by atomic mass is 16.5. The van der Waals surface area contributed by atoms with Crippen molar-refractivity contribution in [1.82, 2.24) is 4.90 Å². The molecule has 2 aromatic rings. The van der Waals surface area contributed by atoms with Crippen LogP contribution < -0.4 is 0 Å². The molecule has 24 heavy (non-hydrogen) atoms. The summed E-state index contributed by atoms with van der Waals surface area (Å²) in [5.41, 5.74) is 3.63. The Hall–Kier alpha value is -2.34. The monoisotopic (exact) mass is 331 g/mol. The molecule has 1 aliphatic heterocycles. The van der Waals surface area contributed by atoms with Crippen molar-refractivity contribution >= 4 is 22.8 Å². The van der Waals surface area contributed by atoms with Crippen molar-refractivity contribution in [1.29, 1.82) is 0 Å². The Morgan fingerprint density at radius 2 is 1.96 bits per heavy atom. The predicted octanol–water partition coefficient (Wildman–Crippen LogP) is 2.67. The third-order valence-corrected chi connectivity index (χ3v) is 4.51. The maximum atomic E-state index is 12.9. The van der Waals surface area contributed by atoms with Crippen molar-refractivity contribution in [3.05, 3.63) is 34.6 Å². The largest absolute Gasteiger partial charge is 0.481 e. The van der Waals surface area contributed by atoms with Crippen LogP contribution >= 0.6 is 0 Å². The zero-order valence-electron chi connectivity index (χ0n) is 14.1. The Kier molecular flexibility index (Phi) is 4.32. The second-order valence-corrected chi connectivity index (χ2v) is 6.30. The van der Waals surface area contributed by atoms with Gasteiger partial charge in [0, 0.05) is 24.0 Å². The first-order valence-corrected chi connectivity index (χ1v) is 8.00. The van der Waals surface area contributed by atoms with Gasteiger partial charge < -0.3 is 19.2 Å². The number of hydrogen-bond acceptors (Lipinski definition) is 4. The van der Waals surface area contributed by atoms with Crippen LogP contribution in [0.4, 0.5) is 0 Å². The number of ether oxygens (including phenoxy) is 1. The van der Waals surface area contributed by atoms with Gasteiger partial charge in [0.05, 0.1) is 19.1 Å². The number of furan rings is 1. The Labute approximate surface area is 140 Å². The third kappa shape index (κ3) is 2.89. The molecular formula is C18H21NO5. The number of benzene rings is 1. The number of carboxylic acid groups (broad SMARTS) is 1. The number of rotatable bonds is 3. The third-order valence-electron chi connectivity index (χ3n) is 4.51. The van der Waals surface area contributed by atoms with Gasteiger partial charge in [-0.25, -0.2) is 0 Å². The average Bonchev–Trinajstić information content (AvgIpc) is 2.89. The van der Waals surface area contributed by atoms with Crippen molar-refractivity contribution < 1.29 is 23.8 Å². The number of hydrogen-bond donors (Lipinski definition) is 1. The molecule has 3 rings (SSSR count). The van der Waals surface area contributed by atoms with Crippen molar-refractivity contribution in [2.24, 2.45) is 0 Å². The van der Waals surface area contributed by atoms with Crippen molar-refractivity contribution in [2.75, 3.05) is 19.7 Å². The molecule has 1 aliphatic rings. The highest BCUT2D eigenvalue weighted by Crippen LogP contribution is 2.31. The van der Waals surface area contributed by atoms with E-state index in [-0.39, 0.29) is 18.9 Å². The van der Waals surface area contributed by atoms with Crippen LogP contribution in [-0.2, 0) is 9.53 Å². The van der Waals surface area contributed by atoms with Crippen molar-refractivity contribution in [3.8, 4) is 0 Å². The predicted molar refractivity (Wildman–Crippen MR) is 88.3 cm³/mol. The van der Waals surface area contributed by atoms with Crippen LogP contribution in [-0.4, -0.2) is 47.7 Å². The van der Waals surface area contributed by atoms with E-state index in [0.29, 0.717) is 18.9 Å². The minimum atomic E-state index is -0.930. The Morgan fingerprint density at radius 1 is 1.25 bits per heavy atom. The summed E-state index contributed by atoms with van der Waals surface area (Å²) in [4.78, 5) is 25.3. The molecule has 0 aliphatic carbocycles. The molecule has 0 radical (unpaired) electrons. The first-order valence-electron chi connectivity index (χ1n) is 8.00. The minimum Gasteiger partial charge on any atom is -0.481 e. The maximum Gasteiger partial charge on any atom is 0.306 e. The summed E-state index contributed by atoms with van der Waals surface area (Å²) in [6.45, 7) is 6.87. The van der Waals surface area contributed by atoms with Gasteiger partial charge in [-0.1, -0.05) is 12.1 Å². The highest BCUT2D eigenvalue weighted by Gasteiger charge is 2.30. The van der Waals surface area contributed by atoms with Gasteiger partial charge in [0.25, 0.3) is 5.91 Å². The minimum absolute atomic E-state index is 0.110. The first kappa shape index (κ1) is 16.5. The molecule has 1 atom stereocenters. The second-order valence-electron chi connectivity index (χ2n) is 6.30. The summed E-state index contributed by atoms with van der Waals surface area (Å²) in [5, 5.41) is 9.89. The summed E-state index contributed by atoms with van der Waals surface area (Å²) in [6.07, 6.45) is -0.588. The molecule has 1 N–H and O–H groups in total. The zero-order chi connectivity index (χ0) is 17.4. The number of carbonyl (C=O) groups excluding carboxylic acids is 1. The van der Waals surface area contributed by atoms with Gasteiger partial charge in [0.1, 0.15) is 5.58 Å². The molecule has 1 fully saturated rings. The lowest BCUT2D eigenvalue weighted by Gasteiger charge is -2.31. The first-order chi connectivity index (χ1) is 11.4. The van der Waals surface area contributed by atoms with E-state index in [9.17, 15) is 9.59 Å². The molecule has 1 aromatic carbocycles. The van der Waals surface area contributed by atoms with Gasteiger partial charge in [0.15, 0.2) is 5.76 Å². The van der Waals surface area contributed by atoms with Gasteiger partial charge in [-0.2, -0.15) is 0 Å². The molecule has 0 bridgehead atoms. The quantitative estimate of drug-likeness (QED) is 0.935. The van der Waals surface area contributed by atoms with Gasteiger partial charge in [0.2, 0.25) is 0 Å². The summed E-state index contributed by atoms with van der Waals surface area (Å²) in [7, 11) is 0. The fourth-order valence-electron chi connectivity index (χ4n) is 3.24. The fourth-order valence-corrected chi connectivity index (χ4v) is 3.24. The average molecular weight is 331 g/mol. The van der Waals surface area contributed by atoms with Crippen LogP contribution in [0.15, 0.2) is 16.5 Å². The molecule has 1 aromatic heterocycles. The van der Waals surface area contributed by atoms with E-state index in [4.69, 9.17) is 14.3 Å². The highest BCUT2D eigenvalue weighted by molar-refractivity contribution is 6.00. The van der Waals surface area contributed by atoms with E-state index < -0.39 is 12.1 Å².